The zero-order valence-corrected chi connectivity index (χ0v) is 14.9. The van der Waals surface area contributed by atoms with E-state index in [9.17, 15) is 0 Å². The van der Waals surface area contributed by atoms with Gasteiger partial charge in [0.05, 0.1) is 32.5 Å². The summed E-state index contributed by atoms with van der Waals surface area (Å²) in [6, 6.07) is 4.14. The monoisotopic (exact) mass is 347 g/mol. The molecular weight excluding hydrogens is 318 g/mol. The second-order valence-electron chi connectivity index (χ2n) is 7.50. The molecule has 0 aliphatic carbocycles. The molecule has 3 aliphatic rings. The summed E-state index contributed by atoms with van der Waals surface area (Å²) in [4.78, 5) is 9.16. The number of nitrogens with zero attached hydrogens (tertiary/aromatic N) is 3. The van der Waals surface area contributed by atoms with E-state index in [2.05, 4.69) is 20.9 Å². The van der Waals surface area contributed by atoms with Crippen molar-refractivity contribution in [2.45, 2.75) is 31.1 Å². The second kappa shape index (κ2) is 8.10. The van der Waals surface area contributed by atoms with Gasteiger partial charge >= 0.3 is 0 Å². The lowest BCUT2D eigenvalue weighted by atomic mass is 10.00. The van der Waals surface area contributed by atoms with Crippen molar-refractivity contribution in [1.82, 2.24) is 14.8 Å². The molecule has 1 aromatic heterocycles. The van der Waals surface area contributed by atoms with Crippen LogP contribution in [0, 0.1) is 0 Å². The van der Waals surface area contributed by atoms with Gasteiger partial charge in [-0.1, -0.05) is 6.07 Å². The summed E-state index contributed by atoms with van der Waals surface area (Å²) >= 11 is 0. The van der Waals surface area contributed by atoms with Crippen LogP contribution in [0.5, 0.6) is 0 Å². The summed E-state index contributed by atoms with van der Waals surface area (Å²) in [5.74, 6) is 0. The fraction of sp³-hybridized carbons (Fsp3) is 0.737. The molecule has 0 N–H and O–H groups in total. The number of hydrogen-bond acceptors (Lipinski definition) is 6. The van der Waals surface area contributed by atoms with E-state index < -0.39 is 0 Å². The van der Waals surface area contributed by atoms with Gasteiger partial charge < -0.3 is 14.2 Å². The number of pyridine rings is 1. The molecule has 0 aromatic carbocycles. The van der Waals surface area contributed by atoms with Gasteiger partial charge in [0.2, 0.25) is 0 Å². The highest BCUT2D eigenvalue weighted by Gasteiger charge is 2.43. The van der Waals surface area contributed by atoms with Crippen molar-refractivity contribution < 1.29 is 14.2 Å². The molecule has 1 aromatic rings. The van der Waals surface area contributed by atoms with Gasteiger partial charge in [-0.15, -0.1) is 0 Å². The van der Waals surface area contributed by atoms with Crippen LogP contribution in [0.4, 0.5) is 0 Å². The Bertz CT molecular complexity index is 538. The third-order valence-corrected chi connectivity index (χ3v) is 5.46. The van der Waals surface area contributed by atoms with Crippen molar-refractivity contribution in [3.05, 3.63) is 30.1 Å². The predicted molar refractivity (Wildman–Crippen MR) is 94.4 cm³/mol. The van der Waals surface area contributed by atoms with Gasteiger partial charge in [-0.3, -0.25) is 14.8 Å². The first-order valence-corrected chi connectivity index (χ1v) is 9.48. The SMILES string of the molecule is c1cncc(CN2CCOC[C@]3(CC[C@@H](CN4CCOCC4)O3)C2)c1. The zero-order chi connectivity index (χ0) is 17.0. The minimum absolute atomic E-state index is 0.143. The fourth-order valence-electron chi connectivity index (χ4n) is 4.19. The molecule has 0 bridgehead atoms. The van der Waals surface area contributed by atoms with E-state index in [1.54, 1.807) is 0 Å². The molecule has 0 unspecified atom stereocenters. The molecule has 3 saturated heterocycles. The molecular formula is C19H29N3O3. The highest BCUT2D eigenvalue weighted by molar-refractivity contribution is 5.08. The van der Waals surface area contributed by atoms with E-state index in [0.29, 0.717) is 6.10 Å². The molecule has 3 fully saturated rings. The average Bonchev–Trinajstić information content (AvgIpc) is 2.91. The lowest BCUT2D eigenvalue weighted by Gasteiger charge is -2.33. The molecule has 0 saturated carbocycles. The van der Waals surface area contributed by atoms with Crippen LogP contribution in [0.2, 0.25) is 0 Å². The highest BCUT2D eigenvalue weighted by atomic mass is 16.6. The smallest absolute Gasteiger partial charge is 0.105 e. The lowest BCUT2D eigenvalue weighted by molar-refractivity contribution is -0.0967. The first-order valence-electron chi connectivity index (χ1n) is 9.48. The van der Waals surface area contributed by atoms with Crippen molar-refractivity contribution in [3.8, 4) is 0 Å². The Hall–Kier alpha value is -1.05. The highest BCUT2D eigenvalue weighted by Crippen LogP contribution is 2.33. The number of hydrogen-bond donors (Lipinski definition) is 0. The van der Waals surface area contributed by atoms with Crippen molar-refractivity contribution in [1.29, 1.82) is 0 Å². The van der Waals surface area contributed by atoms with Gasteiger partial charge in [-0.05, 0) is 24.5 Å². The summed E-state index contributed by atoms with van der Waals surface area (Å²) in [5, 5.41) is 0. The van der Waals surface area contributed by atoms with Crippen LogP contribution < -0.4 is 0 Å². The van der Waals surface area contributed by atoms with Gasteiger partial charge in [0.15, 0.2) is 0 Å². The number of ether oxygens (including phenoxy) is 3. The third-order valence-electron chi connectivity index (χ3n) is 5.46. The average molecular weight is 347 g/mol. The minimum atomic E-state index is -0.143. The predicted octanol–water partition coefficient (Wildman–Crippen LogP) is 1.16. The van der Waals surface area contributed by atoms with Gasteiger partial charge in [0.1, 0.15) is 5.60 Å². The first-order chi connectivity index (χ1) is 12.3. The van der Waals surface area contributed by atoms with E-state index in [4.69, 9.17) is 14.2 Å². The van der Waals surface area contributed by atoms with E-state index in [1.807, 2.05) is 18.5 Å². The van der Waals surface area contributed by atoms with Crippen LogP contribution in [0.15, 0.2) is 24.5 Å². The number of morpholine rings is 1. The quantitative estimate of drug-likeness (QED) is 0.815. The largest absolute Gasteiger partial charge is 0.379 e. The van der Waals surface area contributed by atoms with Gasteiger partial charge in [0.25, 0.3) is 0 Å². The van der Waals surface area contributed by atoms with E-state index in [0.717, 1.165) is 78.5 Å². The molecule has 1 spiro atoms. The zero-order valence-electron chi connectivity index (χ0n) is 14.9. The molecule has 3 aliphatic heterocycles. The van der Waals surface area contributed by atoms with Crippen molar-refractivity contribution in [2.24, 2.45) is 0 Å². The summed E-state index contributed by atoms with van der Waals surface area (Å²) in [7, 11) is 0. The first kappa shape index (κ1) is 17.4. The topological polar surface area (TPSA) is 47.1 Å². The molecule has 0 amide bonds. The minimum Gasteiger partial charge on any atom is -0.379 e. The molecule has 4 heterocycles. The molecule has 4 rings (SSSR count). The van der Waals surface area contributed by atoms with Crippen LogP contribution in [0.3, 0.4) is 0 Å². The maximum atomic E-state index is 6.58. The Morgan fingerprint density at radius 3 is 2.80 bits per heavy atom. The van der Waals surface area contributed by atoms with Gasteiger partial charge in [-0.2, -0.15) is 0 Å². The normalized spacial score (nSPS) is 32.1. The second-order valence-corrected chi connectivity index (χ2v) is 7.50. The Labute approximate surface area is 150 Å². The maximum Gasteiger partial charge on any atom is 0.105 e. The Balaban J connectivity index is 1.35. The Morgan fingerprint density at radius 1 is 1.12 bits per heavy atom. The van der Waals surface area contributed by atoms with Crippen molar-refractivity contribution in [2.75, 3.05) is 59.2 Å². The maximum absolute atomic E-state index is 6.58. The van der Waals surface area contributed by atoms with Crippen LogP contribution in [-0.2, 0) is 20.8 Å². The third kappa shape index (κ3) is 4.57. The Kier molecular flexibility index (Phi) is 5.63. The van der Waals surface area contributed by atoms with Crippen molar-refractivity contribution >= 4 is 0 Å². The Morgan fingerprint density at radius 2 is 1.96 bits per heavy atom. The fourth-order valence-corrected chi connectivity index (χ4v) is 4.19. The molecule has 6 nitrogen and oxygen atoms in total. The summed E-state index contributed by atoms with van der Waals surface area (Å²) in [6.07, 6.45) is 6.31. The van der Waals surface area contributed by atoms with Crippen LogP contribution >= 0.6 is 0 Å². The van der Waals surface area contributed by atoms with Crippen LogP contribution in [-0.4, -0.2) is 85.6 Å². The van der Waals surface area contributed by atoms with E-state index >= 15 is 0 Å². The molecule has 2 atom stereocenters. The summed E-state index contributed by atoms with van der Waals surface area (Å²) in [5.41, 5.74) is 1.11. The van der Waals surface area contributed by atoms with Gasteiger partial charge in [-0.25, -0.2) is 0 Å². The molecule has 138 valence electrons. The summed E-state index contributed by atoms with van der Waals surface area (Å²) in [6.45, 7) is 9.07. The van der Waals surface area contributed by atoms with E-state index in [1.165, 1.54) is 5.56 Å². The molecule has 6 heteroatoms. The molecule has 25 heavy (non-hydrogen) atoms. The van der Waals surface area contributed by atoms with Gasteiger partial charge in [0, 0.05) is 51.7 Å². The standard InChI is InChI=1S/C19H29N3O3/c1-2-17(12-20-5-1)13-22-8-11-24-16-19(15-22)4-3-18(25-19)14-21-6-9-23-10-7-21/h1-2,5,12,18H,3-4,6-11,13-16H2/t18-,19-/m0/s1. The van der Waals surface area contributed by atoms with Crippen LogP contribution in [0.25, 0.3) is 0 Å². The number of aromatic nitrogens is 1. The molecule has 0 radical (unpaired) electrons. The van der Waals surface area contributed by atoms with Crippen LogP contribution in [0.1, 0.15) is 18.4 Å². The van der Waals surface area contributed by atoms with Crippen molar-refractivity contribution in [3.63, 3.8) is 0 Å². The van der Waals surface area contributed by atoms with E-state index in [-0.39, 0.29) is 5.60 Å². The number of rotatable bonds is 4. The lowest BCUT2D eigenvalue weighted by Crippen LogP contribution is -2.46. The summed E-state index contributed by atoms with van der Waals surface area (Å²) < 4.78 is 17.9.